The SMILES string of the molecule is Cc1noc(-c2cncn(CCC(=O)N3CCN(c4ccccc4)CC3)c2=O)n1. The van der Waals surface area contributed by atoms with Crippen molar-refractivity contribution in [1.29, 1.82) is 0 Å². The molecule has 9 heteroatoms. The molecule has 2 aromatic heterocycles. The highest BCUT2D eigenvalue weighted by atomic mass is 16.5. The lowest BCUT2D eigenvalue weighted by Crippen LogP contribution is -2.49. The number of para-hydroxylation sites is 1. The van der Waals surface area contributed by atoms with Crippen LogP contribution in [-0.4, -0.2) is 56.7 Å². The van der Waals surface area contributed by atoms with Crippen molar-refractivity contribution in [2.75, 3.05) is 31.1 Å². The molecule has 0 aliphatic carbocycles. The number of aryl methyl sites for hydroxylation is 2. The van der Waals surface area contributed by atoms with Gasteiger partial charge in [-0.25, -0.2) is 4.98 Å². The van der Waals surface area contributed by atoms with Crippen molar-refractivity contribution in [2.24, 2.45) is 0 Å². The lowest BCUT2D eigenvalue weighted by atomic mass is 10.2. The second-order valence-electron chi connectivity index (χ2n) is 6.91. The lowest BCUT2D eigenvalue weighted by molar-refractivity contribution is -0.131. The molecule has 150 valence electrons. The zero-order chi connectivity index (χ0) is 20.2. The third kappa shape index (κ3) is 4.18. The van der Waals surface area contributed by atoms with Crippen molar-refractivity contribution in [3.63, 3.8) is 0 Å². The van der Waals surface area contributed by atoms with E-state index in [1.165, 1.54) is 22.8 Å². The minimum atomic E-state index is -0.301. The predicted octanol–water partition coefficient (Wildman–Crippen LogP) is 1.34. The summed E-state index contributed by atoms with van der Waals surface area (Å²) in [5, 5.41) is 3.70. The number of hydrogen-bond donors (Lipinski definition) is 0. The molecule has 1 aliphatic rings. The summed E-state index contributed by atoms with van der Waals surface area (Å²) in [7, 11) is 0. The van der Waals surface area contributed by atoms with Gasteiger partial charge >= 0.3 is 0 Å². The van der Waals surface area contributed by atoms with E-state index < -0.39 is 0 Å². The van der Waals surface area contributed by atoms with E-state index >= 15 is 0 Å². The van der Waals surface area contributed by atoms with Crippen LogP contribution in [0.2, 0.25) is 0 Å². The largest absolute Gasteiger partial charge is 0.368 e. The van der Waals surface area contributed by atoms with Gasteiger partial charge in [0.05, 0.1) is 6.33 Å². The molecule has 1 aliphatic heterocycles. The first-order valence-corrected chi connectivity index (χ1v) is 9.55. The van der Waals surface area contributed by atoms with Crippen LogP contribution in [0.3, 0.4) is 0 Å². The minimum absolute atomic E-state index is 0.0312. The number of amides is 1. The Morgan fingerprint density at radius 1 is 1.14 bits per heavy atom. The Balaban J connectivity index is 1.35. The van der Waals surface area contributed by atoms with Gasteiger partial charge in [0.2, 0.25) is 5.91 Å². The normalized spacial score (nSPS) is 14.2. The Morgan fingerprint density at radius 3 is 2.59 bits per heavy atom. The average molecular weight is 394 g/mol. The highest BCUT2D eigenvalue weighted by Gasteiger charge is 2.21. The van der Waals surface area contributed by atoms with Crippen LogP contribution < -0.4 is 10.5 Å². The van der Waals surface area contributed by atoms with E-state index in [0.29, 0.717) is 18.9 Å². The van der Waals surface area contributed by atoms with Crippen LogP contribution in [0.4, 0.5) is 5.69 Å². The number of anilines is 1. The van der Waals surface area contributed by atoms with Gasteiger partial charge in [0, 0.05) is 51.0 Å². The van der Waals surface area contributed by atoms with E-state index in [4.69, 9.17) is 4.52 Å². The highest BCUT2D eigenvalue weighted by molar-refractivity contribution is 5.76. The molecular formula is C20H22N6O3. The fourth-order valence-electron chi connectivity index (χ4n) is 3.39. The molecule has 1 fully saturated rings. The summed E-state index contributed by atoms with van der Waals surface area (Å²) in [6.07, 6.45) is 3.06. The summed E-state index contributed by atoms with van der Waals surface area (Å²) in [6, 6.07) is 10.2. The molecule has 29 heavy (non-hydrogen) atoms. The Kier molecular flexibility index (Phi) is 5.37. The number of benzene rings is 1. The molecule has 4 rings (SSSR count). The molecule has 3 aromatic rings. The number of piperazine rings is 1. The molecule has 0 saturated carbocycles. The summed E-state index contributed by atoms with van der Waals surface area (Å²) in [5.74, 6) is 0.612. The van der Waals surface area contributed by atoms with Crippen molar-refractivity contribution in [2.45, 2.75) is 19.9 Å². The van der Waals surface area contributed by atoms with Gasteiger partial charge in [-0.15, -0.1) is 0 Å². The Hall–Kier alpha value is -3.49. The molecule has 0 spiro atoms. The van der Waals surface area contributed by atoms with Crippen LogP contribution in [0.15, 0.2) is 52.2 Å². The number of rotatable bonds is 5. The smallest absolute Gasteiger partial charge is 0.266 e. The molecule has 3 heterocycles. The van der Waals surface area contributed by atoms with Gasteiger partial charge in [-0.2, -0.15) is 4.98 Å². The van der Waals surface area contributed by atoms with Crippen molar-refractivity contribution in [1.82, 2.24) is 24.6 Å². The first-order chi connectivity index (χ1) is 14.1. The molecule has 1 saturated heterocycles. The van der Waals surface area contributed by atoms with Gasteiger partial charge in [0.15, 0.2) is 5.82 Å². The van der Waals surface area contributed by atoms with Crippen LogP contribution in [0.25, 0.3) is 11.5 Å². The fourth-order valence-corrected chi connectivity index (χ4v) is 3.39. The third-order valence-corrected chi connectivity index (χ3v) is 4.98. The van der Waals surface area contributed by atoms with Gasteiger partial charge < -0.3 is 14.3 Å². The number of carbonyl (C=O) groups is 1. The van der Waals surface area contributed by atoms with E-state index in [9.17, 15) is 9.59 Å². The summed E-state index contributed by atoms with van der Waals surface area (Å²) >= 11 is 0. The van der Waals surface area contributed by atoms with Crippen LogP contribution in [0.5, 0.6) is 0 Å². The second kappa shape index (κ2) is 8.26. The van der Waals surface area contributed by atoms with Gasteiger partial charge in [-0.3, -0.25) is 14.2 Å². The molecule has 9 nitrogen and oxygen atoms in total. The zero-order valence-corrected chi connectivity index (χ0v) is 16.2. The van der Waals surface area contributed by atoms with Crippen LogP contribution in [0, 0.1) is 6.92 Å². The van der Waals surface area contributed by atoms with Crippen molar-refractivity contribution < 1.29 is 9.32 Å². The summed E-state index contributed by atoms with van der Waals surface area (Å²) in [6.45, 7) is 4.86. The molecular weight excluding hydrogens is 372 g/mol. The number of nitrogens with zero attached hydrogens (tertiary/aromatic N) is 6. The van der Waals surface area contributed by atoms with Crippen LogP contribution in [-0.2, 0) is 11.3 Å². The highest BCUT2D eigenvalue weighted by Crippen LogP contribution is 2.16. The first kappa shape index (κ1) is 18.9. The maximum atomic E-state index is 12.6. The summed E-state index contributed by atoms with van der Waals surface area (Å²) in [4.78, 5) is 37.5. The van der Waals surface area contributed by atoms with E-state index in [0.717, 1.165) is 13.1 Å². The maximum Gasteiger partial charge on any atom is 0.266 e. The molecule has 0 N–H and O–H groups in total. The van der Waals surface area contributed by atoms with E-state index in [-0.39, 0.29) is 35.9 Å². The second-order valence-corrected chi connectivity index (χ2v) is 6.91. The molecule has 0 unspecified atom stereocenters. The Bertz CT molecular complexity index is 1040. The van der Waals surface area contributed by atoms with Crippen LogP contribution >= 0.6 is 0 Å². The monoisotopic (exact) mass is 394 g/mol. The fraction of sp³-hybridized carbons (Fsp3) is 0.350. The zero-order valence-electron chi connectivity index (χ0n) is 16.2. The van der Waals surface area contributed by atoms with Gasteiger partial charge in [0.25, 0.3) is 11.4 Å². The van der Waals surface area contributed by atoms with Crippen LogP contribution in [0.1, 0.15) is 12.2 Å². The number of hydrogen-bond acceptors (Lipinski definition) is 7. The predicted molar refractivity (Wildman–Crippen MR) is 106 cm³/mol. The summed E-state index contributed by atoms with van der Waals surface area (Å²) in [5.41, 5.74) is 1.10. The van der Waals surface area contributed by atoms with E-state index in [2.05, 4.69) is 32.2 Å². The first-order valence-electron chi connectivity index (χ1n) is 9.55. The van der Waals surface area contributed by atoms with Gasteiger partial charge in [0.1, 0.15) is 5.56 Å². The van der Waals surface area contributed by atoms with Gasteiger partial charge in [-0.1, -0.05) is 23.4 Å². The number of aromatic nitrogens is 4. The van der Waals surface area contributed by atoms with E-state index in [1.54, 1.807) is 6.92 Å². The molecule has 0 bridgehead atoms. The van der Waals surface area contributed by atoms with Crippen molar-refractivity contribution >= 4 is 11.6 Å². The summed E-state index contributed by atoms with van der Waals surface area (Å²) < 4.78 is 6.47. The Labute approximate surface area is 167 Å². The number of carbonyl (C=O) groups excluding carboxylic acids is 1. The topological polar surface area (TPSA) is 97.4 Å². The van der Waals surface area contributed by atoms with Crippen molar-refractivity contribution in [3.05, 3.63) is 59.0 Å². The molecule has 0 radical (unpaired) electrons. The quantitative estimate of drug-likeness (QED) is 0.644. The minimum Gasteiger partial charge on any atom is -0.368 e. The third-order valence-electron chi connectivity index (χ3n) is 4.98. The standard InChI is InChI=1S/C20H22N6O3/c1-15-22-19(29-23-15)17-13-21-14-26(20(17)28)8-7-18(27)25-11-9-24(10-12-25)16-5-3-2-4-6-16/h2-6,13-14H,7-12H2,1H3. The Morgan fingerprint density at radius 2 is 1.90 bits per heavy atom. The molecule has 1 amide bonds. The molecule has 1 aromatic carbocycles. The lowest BCUT2D eigenvalue weighted by Gasteiger charge is -2.36. The average Bonchev–Trinajstić information content (AvgIpc) is 3.19. The maximum absolute atomic E-state index is 12.6. The van der Waals surface area contributed by atoms with Crippen molar-refractivity contribution in [3.8, 4) is 11.5 Å². The molecule has 0 atom stereocenters. The van der Waals surface area contributed by atoms with Gasteiger partial charge in [-0.05, 0) is 19.1 Å². The van der Waals surface area contributed by atoms with E-state index in [1.807, 2.05) is 23.1 Å².